The minimum Gasteiger partial charge on any atom is -0.463 e. The zero-order chi connectivity index (χ0) is 21.6. The zero-order valence-corrected chi connectivity index (χ0v) is 18.4. The number of hydrogen-bond acceptors (Lipinski definition) is 8. The smallest absolute Gasteiger partial charge is 0.306 e. The van der Waals surface area contributed by atoms with E-state index in [2.05, 4.69) is 0 Å². The highest BCUT2D eigenvalue weighted by molar-refractivity contribution is 5.73. The van der Waals surface area contributed by atoms with E-state index in [1.54, 1.807) is 0 Å². The van der Waals surface area contributed by atoms with Crippen LogP contribution in [0.1, 0.15) is 52.9 Å². The van der Waals surface area contributed by atoms with Crippen molar-refractivity contribution in [1.29, 1.82) is 0 Å². The van der Waals surface area contributed by atoms with Crippen LogP contribution in [0.3, 0.4) is 0 Å². The topological polar surface area (TPSA) is 89.5 Å². The van der Waals surface area contributed by atoms with Crippen molar-refractivity contribution in [3.05, 3.63) is 0 Å². The molecule has 0 amide bonds. The maximum atomic E-state index is 11.9. The van der Waals surface area contributed by atoms with Gasteiger partial charge in [-0.05, 0) is 18.8 Å². The second-order valence-corrected chi connectivity index (χ2v) is 6.57. The summed E-state index contributed by atoms with van der Waals surface area (Å²) in [7, 11) is 0. The van der Waals surface area contributed by atoms with Gasteiger partial charge in [-0.2, -0.15) is 0 Å². The number of ether oxygens (including phenoxy) is 6. The van der Waals surface area contributed by atoms with Crippen molar-refractivity contribution < 1.29 is 38.0 Å². The SMILES string of the molecule is CCCOCCOCCOC(=O)CC(CC)CC(=O)OCCOCCOCCC. The molecule has 0 atom stereocenters. The van der Waals surface area contributed by atoms with E-state index in [1.165, 1.54) is 0 Å². The van der Waals surface area contributed by atoms with Gasteiger partial charge in [-0.3, -0.25) is 9.59 Å². The largest absolute Gasteiger partial charge is 0.463 e. The fourth-order valence-corrected chi connectivity index (χ4v) is 2.31. The Morgan fingerprint density at radius 1 is 0.552 bits per heavy atom. The van der Waals surface area contributed by atoms with Crippen molar-refractivity contribution in [3.8, 4) is 0 Å². The third kappa shape index (κ3) is 19.9. The van der Waals surface area contributed by atoms with Crippen molar-refractivity contribution >= 4 is 11.9 Å². The van der Waals surface area contributed by atoms with Crippen molar-refractivity contribution in [2.75, 3.05) is 66.1 Å². The van der Waals surface area contributed by atoms with Gasteiger partial charge >= 0.3 is 11.9 Å². The van der Waals surface area contributed by atoms with Crippen LogP contribution in [0.25, 0.3) is 0 Å². The molecule has 0 fully saturated rings. The number of carbonyl (C=O) groups excluding carboxylic acids is 2. The average molecular weight is 421 g/mol. The second kappa shape index (κ2) is 21.5. The summed E-state index contributed by atoms with van der Waals surface area (Å²) >= 11 is 0. The molecule has 0 aromatic heterocycles. The lowest BCUT2D eigenvalue weighted by molar-refractivity contribution is -0.149. The van der Waals surface area contributed by atoms with Crippen LogP contribution >= 0.6 is 0 Å². The van der Waals surface area contributed by atoms with Crippen LogP contribution < -0.4 is 0 Å². The van der Waals surface area contributed by atoms with E-state index in [4.69, 9.17) is 28.4 Å². The molecule has 0 bridgehead atoms. The van der Waals surface area contributed by atoms with Crippen LogP contribution in [-0.4, -0.2) is 78.0 Å². The first-order valence-corrected chi connectivity index (χ1v) is 10.8. The molecule has 0 aromatic carbocycles. The number of carbonyl (C=O) groups is 2. The lowest BCUT2D eigenvalue weighted by atomic mass is 9.99. The Morgan fingerprint density at radius 3 is 1.24 bits per heavy atom. The Hall–Kier alpha value is -1.22. The van der Waals surface area contributed by atoms with Crippen molar-refractivity contribution in [2.24, 2.45) is 5.92 Å². The first kappa shape index (κ1) is 27.8. The van der Waals surface area contributed by atoms with Gasteiger partial charge in [-0.15, -0.1) is 0 Å². The Kier molecular flexibility index (Phi) is 20.6. The Labute approximate surface area is 175 Å². The highest BCUT2D eigenvalue weighted by atomic mass is 16.6. The normalized spacial score (nSPS) is 11.0. The zero-order valence-electron chi connectivity index (χ0n) is 18.4. The lowest BCUT2D eigenvalue weighted by Gasteiger charge is -2.14. The maximum Gasteiger partial charge on any atom is 0.306 e. The number of rotatable bonds is 21. The predicted molar refractivity (Wildman–Crippen MR) is 109 cm³/mol. The van der Waals surface area contributed by atoms with Crippen LogP contribution in [0.15, 0.2) is 0 Å². The molecule has 0 spiro atoms. The van der Waals surface area contributed by atoms with Crippen LogP contribution in [-0.2, 0) is 38.0 Å². The molecule has 29 heavy (non-hydrogen) atoms. The van der Waals surface area contributed by atoms with Gasteiger partial charge in [-0.25, -0.2) is 0 Å². The van der Waals surface area contributed by atoms with E-state index in [0.29, 0.717) is 46.1 Å². The highest BCUT2D eigenvalue weighted by Gasteiger charge is 2.18. The van der Waals surface area contributed by atoms with E-state index in [1.807, 2.05) is 20.8 Å². The fourth-order valence-electron chi connectivity index (χ4n) is 2.31. The number of hydrogen-bond donors (Lipinski definition) is 0. The molecule has 0 radical (unpaired) electrons. The molecule has 8 heteroatoms. The third-order valence-electron chi connectivity index (χ3n) is 3.91. The van der Waals surface area contributed by atoms with E-state index in [0.717, 1.165) is 26.1 Å². The van der Waals surface area contributed by atoms with Crippen LogP contribution in [0.5, 0.6) is 0 Å². The first-order chi connectivity index (χ1) is 14.1. The van der Waals surface area contributed by atoms with Gasteiger partial charge in [0.05, 0.1) is 39.6 Å². The van der Waals surface area contributed by atoms with Gasteiger partial charge in [0.25, 0.3) is 0 Å². The van der Waals surface area contributed by atoms with Crippen molar-refractivity contribution in [2.45, 2.75) is 52.9 Å². The summed E-state index contributed by atoms with van der Waals surface area (Å²) < 4.78 is 31.5. The third-order valence-corrected chi connectivity index (χ3v) is 3.91. The summed E-state index contributed by atoms with van der Waals surface area (Å²) in [5, 5.41) is 0. The molecule has 0 aromatic rings. The standard InChI is InChI=1S/C21H40O8/c1-4-7-24-9-11-26-13-15-28-20(22)17-19(6-3)18-21(23)29-16-14-27-12-10-25-8-5-2/h19H,4-18H2,1-3H3. The summed E-state index contributed by atoms with van der Waals surface area (Å²) in [5.41, 5.74) is 0. The Morgan fingerprint density at radius 2 is 0.897 bits per heavy atom. The van der Waals surface area contributed by atoms with Crippen molar-refractivity contribution in [3.63, 3.8) is 0 Å². The Bertz CT molecular complexity index is 355. The van der Waals surface area contributed by atoms with Crippen molar-refractivity contribution in [1.82, 2.24) is 0 Å². The van der Waals surface area contributed by atoms with Crippen LogP contribution in [0.2, 0.25) is 0 Å². The summed E-state index contributed by atoms with van der Waals surface area (Å²) in [6.07, 6.45) is 3.03. The average Bonchev–Trinajstić information content (AvgIpc) is 2.71. The highest BCUT2D eigenvalue weighted by Crippen LogP contribution is 2.15. The maximum absolute atomic E-state index is 11.9. The van der Waals surface area contributed by atoms with E-state index in [9.17, 15) is 9.59 Å². The van der Waals surface area contributed by atoms with Gasteiger partial charge in [-0.1, -0.05) is 27.2 Å². The van der Waals surface area contributed by atoms with E-state index < -0.39 is 0 Å². The monoisotopic (exact) mass is 420 g/mol. The minimum absolute atomic E-state index is 0.0956. The molecule has 0 N–H and O–H groups in total. The molecule has 0 saturated carbocycles. The summed E-state index contributed by atoms with van der Waals surface area (Å²) in [6, 6.07) is 0. The molecule has 0 unspecified atom stereocenters. The minimum atomic E-state index is -0.328. The molecule has 0 rings (SSSR count). The second-order valence-electron chi connectivity index (χ2n) is 6.57. The van der Waals surface area contributed by atoms with Gasteiger partial charge in [0.15, 0.2) is 0 Å². The predicted octanol–water partition coefficient (Wildman–Crippen LogP) is 2.77. The fraction of sp³-hybridized carbons (Fsp3) is 0.905. The van der Waals surface area contributed by atoms with Crippen LogP contribution in [0, 0.1) is 5.92 Å². The van der Waals surface area contributed by atoms with Gasteiger partial charge in [0, 0.05) is 26.1 Å². The molecule has 0 aliphatic heterocycles. The van der Waals surface area contributed by atoms with E-state index >= 15 is 0 Å². The van der Waals surface area contributed by atoms with Gasteiger partial charge < -0.3 is 28.4 Å². The summed E-state index contributed by atoms with van der Waals surface area (Å²) in [4.78, 5) is 23.8. The lowest BCUT2D eigenvalue weighted by Crippen LogP contribution is -2.19. The molecule has 0 saturated heterocycles. The molecule has 172 valence electrons. The van der Waals surface area contributed by atoms with Gasteiger partial charge in [0.1, 0.15) is 13.2 Å². The molecule has 8 nitrogen and oxygen atoms in total. The summed E-state index contributed by atoms with van der Waals surface area (Å²) in [6.45, 7) is 10.6. The summed E-state index contributed by atoms with van der Waals surface area (Å²) in [5.74, 6) is -0.751. The molecule has 0 heterocycles. The molecule has 0 aliphatic rings. The molecule has 0 aliphatic carbocycles. The number of esters is 2. The molecular weight excluding hydrogens is 380 g/mol. The Balaban J connectivity index is 3.67. The van der Waals surface area contributed by atoms with E-state index in [-0.39, 0.29) is 43.9 Å². The quantitative estimate of drug-likeness (QED) is 0.207. The van der Waals surface area contributed by atoms with Crippen LogP contribution in [0.4, 0.5) is 0 Å². The molecular formula is C21H40O8. The first-order valence-electron chi connectivity index (χ1n) is 10.8. The van der Waals surface area contributed by atoms with Gasteiger partial charge in [0.2, 0.25) is 0 Å².